The largest absolute Gasteiger partial charge is 0.355 e. The van der Waals surface area contributed by atoms with E-state index in [0.717, 1.165) is 19.5 Å². The molecule has 0 amide bonds. The van der Waals surface area contributed by atoms with Crippen molar-refractivity contribution in [2.45, 2.75) is 20.3 Å². The van der Waals surface area contributed by atoms with Crippen LogP contribution in [0.2, 0.25) is 0 Å². The number of aromatic amines is 1. The minimum absolute atomic E-state index is 0.470. The molecule has 0 radical (unpaired) electrons. The van der Waals surface area contributed by atoms with Gasteiger partial charge >= 0.3 is 0 Å². The smallest absolute Gasteiger partial charge is 0.0461 e. The van der Waals surface area contributed by atoms with Crippen molar-refractivity contribution >= 4 is 16.5 Å². The summed E-state index contributed by atoms with van der Waals surface area (Å²) in [5.41, 5.74) is 6.49. The summed E-state index contributed by atoms with van der Waals surface area (Å²) in [6.45, 7) is 11.0. The number of aryl methyl sites for hydroxylation is 1. The Hall–Kier alpha value is -1.80. The highest BCUT2D eigenvalue weighted by Crippen LogP contribution is 2.36. The molecule has 1 unspecified atom stereocenters. The van der Waals surface area contributed by atoms with Gasteiger partial charge in [-0.1, -0.05) is 36.4 Å². The fourth-order valence-electron chi connectivity index (χ4n) is 3.50. The topological polar surface area (TPSA) is 19.0 Å². The van der Waals surface area contributed by atoms with E-state index in [1.165, 1.54) is 33.3 Å². The molecule has 0 spiro atoms. The van der Waals surface area contributed by atoms with Gasteiger partial charge in [-0.2, -0.15) is 0 Å². The second kappa shape index (κ2) is 5.53. The van der Waals surface area contributed by atoms with E-state index in [4.69, 9.17) is 0 Å². The average molecular weight is 280 g/mol. The molecule has 1 saturated heterocycles. The molecule has 2 heteroatoms. The van der Waals surface area contributed by atoms with Gasteiger partial charge in [-0.15, -0.1) is 0 Å². The third kappa shape index (κ3) is 2.44. The molecule has 1 aliphatic heterocycles. The number of nitrogens with zero attached hydrogens (tertiary/aromatic N) is 1. The predicted octanol–water partition coefficient (Wildman–Crippen LogP) is 4.39. The Morgan fingerprint density at radius 1 is 1.38 bits per heavy atom. The van der Waals surface area contributed by atoms with Crippen molar-refractivity contribution in [3.63, 3.8) is 0 Å². The zero-order valence-corrected chi connectivity index (χ0v) is 13.2. The van der Waals surface area contributed by atoms with Crippen LogP contribution < -0.4 is 0 Å². The second-order valence-electron chi connectivity index (χ2n) is 6.14. The number of allylic oxidation sites excluding steroid dienone is 2. The minimum Gasteiger partial charge on any atom is -0.355 e. The molecular formula is C19H24N2. The van der Waals surface area contributed by atoms with Crippen molar-refractivity contribution in [1.29, 1.82) is 0 Å². The fourth-order valence-corrected chi connectivity index (χ4v) is 3.50. The van der Waals surface area contributed by atoms with E-state index in [1.807, 2.05) is 0 Å². The molecule has 0 bridgehead atoms. The van der Waals surface area contributed by atoms with Crippen molar-refractivity contribution < 1.29 is 0 Å². The number of H-pyrrole nitrogens is 1. The lowest BCUT2D eigenvalue weighted by atomic mass is 9.83. The van der Waals surface area contributed by atoms with Crippen molar-refractivity contribution in [2.24, 2.45) is 5.92 Å². The highest BCUT2D eigenvalue weighted by Gasteiger charge is 2.26. The Bertz CT molecular complexity index is 705. The van der Waals surface area contributed by atoms with Crippen LogP contribution >= 0.6 is 0 Å². The van der Waals surface area contributed by atoms with Gasteiger partial charge in [-0.25, -0.2) is 0 Å². The number of hydrogen-bond donors (Lipinski definition) is 1. The normalized spacial score (nSPS) is 22.0. The van der Waals surface area contributed by atoms with Crippen LogP contribution in [0.5, 0.6) is 0 Å². The highest BCUT2D eigenvalue weighted by molar-refractivity contribution is 5.89. The van der Waals surface area contributed by atoms with Crippen LogP contribution in [-0.4, -0.2) is 30.0 Å². The Kier molecular flexibility index (Phi) is 3.73. The van der Waals surface area contributed by atoms with Crippen LogP contribution in [0.3, 0.4) is 0 Å². The molecule has 1 aromatic heterocycles. The first kappa shape index (κ1) is 14.2. The Labute approximate surface area is 127 Å². The van der Waals surface area contributed by atoms with E-state index < -0.39 is 0 Å². The van der Waals surface area contributed by atoms with Crippen LogP contribution in [0.4, 0.5) is 0 Å². The Morgan fingerprint density at radius 2 is 2.14 bits per heavy atom. The number of rotatable bonds is 2. The molecule has 110 valence electrons. The van der Waals surface area contributed by atoms with Gasteiger partial charge in [0.25, 0.3) is 0 Å². The average Bonchev–Trinajstić information content (AvgIpc) is 2.84. The van der Waals surface area contributed by atoms with Gasteiger partial charge in [0.1, 0.15) is 0 Å². The third-order valence-electron chi connectivity index (χ3n) is 4.78. The van der Waals surface area contributed by atoms with Crippen molar-refractivity contribution in [3.05, 3.63) is 53.8 Å². The first-order chi connectivity index (χ1) is 10.1. The van der Waals surface area contributed by atoms with E-state index in [9.17, 15) is 0 Å². The number of likely N-dealkylation sites (tertiary alicyclic amines) is 1. The number of fused-ring (bicyclic) bond motifs is 1. The van der Waals surface area contributed by atoms with E-state index in [2.05, 4.69) is 67.7 Å². The molecule has 21 heavy (non-hydrogen) atoms. The van der Waals surface area contributed by atoms with E-state index in [-0.39, 0.29) is 0 Å². The predicted molar refractivity (Wildman–Crippen MR) is 91.4 cm³/mol. The minimum atomic E-state index is 0.470. The summed E-state index contributed by atoms with van der Waals surface area (Å²) in [4.78, 5) is 5.96. The number of aromatic nitrogens is 1. The number of benzene rings is 1. The highest BCUT2D eigenvalue weighted by atomic mass is 15.1. The summed E-state index contributed by atoms with van der Waals surface area (Å²) in [6.07, 6.45) is 3.42. The van der Waals surface area contributed by atoms with Gasteiger partial charge in [0.2, 0.25) is 0 Å². The number of para-hydroxylation sites is 1. The summed E-state index contributed by atoms with van der Waals surface area (Å²) in [5.74, 6) is 0.470. The second-order valence-corrected chi connectivity index (χ2v) is 6.14. The van der Waals surface area contributed by atoms with Crippen LogP contribution in [-0.2, 0) is 0 Å². The molecule has 2 nitrogen and oxygen atoms in total. The SMILES string of the molecule is C=C(c1[nH]c2ccccc2c1C)C1CCN(C)C/C1=C\C. The summed E-state index contributed by atoms with van der Waals surface area (Å²) in [6, 6.07) is 8.51. The molecule has 0 saturated carbocycles. The molecule has 2 aromatic rings. The summed E-state index contributed by atoms with van der Waals surface area (Å²) >= 11 is 0. The van der Waals surface area contributed by atoms with Gasteiger partial charge in [0, 0.05) is 29.1 Å². The summed E-state index contributed by atoms with van der Waals surface area (Å²) < 4.78 is 0. The maximum absolute atomic E-state index is 4.44. The molecule has 1 aliphatic rings. The molecule has 2 heterocycles. The zero-order valence-electron chi connectivity index (χ0n) is 13.2. The van der Waals surface area contributed by atoms with Crippen LogP contribution in [0.25, 0.3) is 16.5 Å². The molecule has 1 N–H and O–H groups in total. The standard InChI is InChI=1S/C19H24N2/c1-5-15-12-21(4)11-10-16(15)13(2)19-14(3)17-8-6-7-9-18(17)20-19/h5-9,16,20H,2,10-12H2,1,3-4H3/b15-5+. The first-order valence-electron chi connectivity index (χ1n) is 7.72. The zero-order chi connectivity index (χ0) is 15.0. The maximum atomic E-state index is 4.44. The first-order valence-corrected chi connectivity index (χ1v) is 7.72. The molecule has 3 rings (SSSR count). The van der Waals surface area contributed by atoms with Gasteiger partial charge < -0.3 is 9.88 Å². The van der Waals surface area contributed by atoms with Crippen LogP contribution in [0.15, 0.2) is 42.5 Å². The lowest BCUT2D eigenvalue weighted by Gasteiger charge is -2.33. The molecule has 0 aliphatic carbocycles. The van der Waals surface area contributed by atoms with E-state index in [1.54, 1.807) is 0 Å². The van der Waals surface area contributed by atoms with Crippen molar-refractivity contribution in [3.8, 4) is 0 Å². The number of nitrogens with one attached hydrogen (secondary N) is 1. The maximum Gasteiger partial charge on any atom is 0.0461 e. The van der Waals surface area contributed by atoms with Crippen molar-refractivity contribution in [2.75, 3.05) is 20.1 Å². The Balaban J connectivity index is 1.98. The quantitative estimate of drug-likeness (QED) is 0.808. The number of hydrogen-bond acceptors (Lipinski definition) is 1. The molecular weight excluding hydrogens is 256 g/mol. The van der Waals surface area contributed by atoms with Gasteiger partial charge in [0.05, 0.1) is 0 Å². The lowest BCUT2D eigenvalue weighted by Crippen LogP contribution is -2.32. The Morgan fingerprint density at radius 3 is 2.86 bits per heavy atom. The monoisotopic (exact) mass is 280 g/mol. The number of likely N-dealkylation sites (N-methyl/N-ethyl adjacent to an activating group) is 1. The lowest BCUT2D eigenvalue weighted by molar-refractivity contribution is 0.301. The number of piperidine rings is 1. The summed E-state index contributed by atoms with van der Waals surface area (Å²) in [7, 11) is 2.19. The summed E-state index contributed by atoms with van der Waals surface area (Å²) in [5, 5.41) is 1.31. The van der Waals surface area contributed by atoms with Gasteiger partial charge in [-0.3, -0.25) is 0 Å². The molecule has 1 aromatic carbocycles. The van der Waals surface area contributed by atoms with Gasteiger partial charge in [-0.05, 0) is 51.1 Å². The third-order valence-corrected chi connectivity index (χ3v) is 4.78. The van der Waals surface area contributed by atoms with Gasteiger partial charge in [0.15, 0.2) is 0 Å². The fraction of sp³-hybridized carbons (Fsp3) is 0.368. The van der Waals surface area contributed by atoms with Crippen molar-refractivity contribution in [1.82, 2.24) is 9.88 Å². The van der Waals surface area contributed by atoms with E-state index in [0.29, 0.717) is 5.92 Å². The van der Waals surface area contributed by atoms with Crippen LogP contribution in [0, 0.1) is 12.8 Å². The van der Waals surface area contributed by atoms with E-state index >= 15 is 0 Å². The molecule has 1 atom stereocenters. The van der Waals surface area contributed by atoms with Crippen LogP contribution in [0.1, 0.15) is 24.6 Å². The molecule has 1 fully saturated rings.